The maximum atomic E-state index is 11.8. The summed E-state index contributed by atoms with van der Waals surface area (Å²) in [7, 11) is 0. The molecule has 0 saturated carbocycles. The smallest absolute Gasteiger partial charge is 0.408 e. The number of hydrogen-bond donors (Lipinski definition) is 2. The third kappa shape index (κ3) is 4.49. The van der Waals surface area contributed by atoms with Gasteiger partial charge in [0.1, 0.15) is 23.3 Å². The molecule has 1 aromatic carbocycles. The van der Waals surface area contributed by atoms with Gasteiger partial charge >= 0.3 is 12.1 Å². The Morgan fingerprint density at radius 3 is 2.67 bits per heavy atom. The lowest BCUT2D eigenvalue weighted by molar-refractivity contribution is -0.139. The number of furan rings is 1. The van der Waals surface area contributed by atoms with Crippen LogP contribution in [0.15, 0.2) is 28.7 Å². The van der Waals surface area contributed by atoms with Gasteiger partial charge in [-0.2, -0.15) is 5.26 Å². The Bertz CT molecular complexity index is 810. The highest BCUT2D eigenvalue weighted by Crippen LogP contribution is 2.21. The van der Waals surface area contributed by atoms with Gasteiger partial charge in [0, 0.05) is 17.9 Å². The van der Waals surface area contributed by atoms with E-state index in [2.05, 4.69) is 5.32 Å². The first kappa shape index (κ1) is 17.3. The van der Waals surface area contributed by atoms with Crippen molar-refractivity contribution < 1.29 is 23.8 Å². The van der Waals surface area contributed by atoms with Crippen LogP contribution in [0.2, 0.25) is 0 Å². The van der Waals surface area contributed by atoms with Crippen LogP contribution in [0, 0.1) is 11.3 Å². The van der Waals surface area contributed by atoms with Crippen molar-refractivity contribution >= 4 is 23.0 Å². The first-order chi connectivity index (χ1) is 11.2. The molecule has 2 rings (SSSR count). The van der Waals surface area contributed by atoms with E-state index in [1.807, 2.05) is 6.07 Å². The molecule has 0 radical (unpaired) electrons. The number of carboxylic acids is 1. The molecule has 2 aromatic rings. The van der Waals surface area contributed by atoms with Crippen LogP contribution in [-0.4, -0.2) is 28.8 Å². The third-order valence-corrected chi connectivity index (χ3v) is 3.12. The Morgan fingerprint density at radius 2 is 2.08 bits per heavy atom. The lowest BCUT2D eigenvalue weighted by Gasteiger charge is -2.22. The van der Waals surface area contributed by atoms with Crippen molar-refractivity contribution in [1.82, 2.24) is 5.32 Å². The van der Waals surface area contributed by atoms with Gasteiger partial charge in [-0.1, -0.05) is 12.1 Å². The number of benzene rings is 1. The van der Waals surface area contributed by atoms with Crippen molar-refractivity contribution in [3.8, 4) is 6.07 Å². The van der Waals surface area contributed by atoms with Crippen molar-refractivity contribution in [2.24, 2.45) is 0 Å². The SMILES string of the molecule is CC(C)(C)OC(=O)NC(Cc1ccc2cc(C#N)oc2c1)C(=O)O. The Balaban J connectivity index is 2.14. The van der Waals surface area contributed by atoms with Gasteiger partial charge in [0.15, 0.2) is 0 Å². The van der Waals surface area contributed by atoms with Gasteiger partial charge in [-0.25, -0.2) is 9.59 Å². The molecule has 0 spiro atoms. The Kier molecular flexibility index (Phi) is 4.79. The fraction of sp³-hybridized carbons (Fsp3) is 0.353. The molecule has 0 aliphatic carbocycles. The maximum absolute atomic E-state index is 11.8. The molecule has 2 N–H and O–H groups in total. The normalized spacial score (nSPS) is 12.4. The molecule has 1 aromatic heterocycles. The fourth-order valence-electron chi connectivity index (χ4n) is 2.14. The molecule has 7 heteroatoms. The largest absolute Gasteiger partial charge is 0.480 e. The summed E-state index contributed by atoms with van der Waals surface area (Å²) < 4.78 is 10.4. The number of alkyl carbamates (subject to hydrolysis) is 1. The second kappa shape index (κ2) is 6.62. The third-order valence-electron chi connectivity index (χ3n) is 3.12. The van der Waals surface area contributed by atoms with Crippen LogP contribution in [0.1, 0.15) is 32.1 Å². The minimum Gasteiger partial charge on any atom is -0.480 e. The van der Waals surface area contributed by atoms with E-state index in [9.17, 15) is 14.7 Å². The van der Waals surface area contributed by atoms with Crippen LogP contribution in [0.4, 0.5) is 4.79 Å². The van der Waals surface area contributed by atoms with Gasteiger partial charge in [-0.05, 0) is 32.4 Å². The van der Waals surface area contributed by atoms with E-state index in [4.69, 9.17) is 14.4 Å². The van der Waals surface area contributed by atoms with E-state index in [-0.39, 0.29) is 12.2 Å². The summed E-state index contributed by atoms with van der Waals surface area (Å²) in [6.07, 6.45) is -0.728. The molecule has 7 nitrogen and oxygen atoms in total. The standard InChI is InChI=1S/C17H18N2O5/c1-17(2,3)24-16(22)19-13(15(20)21)6-10-4-5-11-8-12(9-18)23-14(11)7-10/h4-5,7-8,13H,6H2,1-3H3,(H,19,22)(H,20,21). The van der Waals surface area contributed by atoms with Gasteiger partial charge in [0.25, 0.3) is 0 Å². The van der Waals surface area contributed by atoms with Crippen molar-refractivity contribution in [2.45, 2.75) is 38.8 Å². The zero-order chi connectivity index (χ0) is 17.9. The zero-order valence-corrected chi connectivity index (χ0v) is 13.6. The number of ether oxygens (including phenoxy) is 1. The first-order valence-electron chi connectivity index (χ1n) is 7.33. The van der Waals surface area contributed by atoms with Crippen LogP contribution < -0.4 is 5.32 Å². The summed E-state index contributed by atoms with van der Waals surface area (Å²) in [5.41, 5.74) is 0.434. The summed E-state index contributed by atoms with van der Waals surface area (Å²) in [6, 6.07) is 7.50. The number of aliphatic carboxylic acids is 1. The van der Waals surface area contributed by atoms with Crippen LogP contribution in [0.25, 0.3) is 11.0 Å². The van der Waals surface area contributed by atoms with Crippen LogP contribution in [0.3, 0.4) is 0 Å². The van der Waals surface area contributed by atoms with Crippen molar-refractivity contribution in [3.05, 3.63) is 35.6 Å². The van der Waals surface area contributed by atoms with Crippen LogP contribution in [-0.2, 0) is 16.0 Å². The van der Waals surface area contributed by atoms with Gasteiger partial charge < -0.3 is 19.6 Å². The lowest BCUT2D eigenvalue weighted by atomic mass is 10.0. The molecule has 0 fully saturated rings. The summed E-state index contributed by atoms with van der Waals surface area (Å²) in [5, 5.41) is 21.2. The highest BCUT2D eigenvalue weighted by Gasteiger charge is 2.24. The molecule has 1 atom stereocenters. The summed E-state index contributed by atoms with van der Waals surface area (Å²) >= 11 is 0. The number of nitriles is 1. The highest BCUT2D eigenvalue weighted by molar-refractivity contribution is 5.82. The van der Waals surface area contributed by atoms with E-state index >= 15 is 0 Å². The molecule has 24 heavy (non-hydrogen) atoms. The summed E-state index contributed by atoms with van der Waals surface area (Å²) in [6.45, 7) is 5.08. The number of rotatable bonds is 4. The number of amides is 1. The van der Waals surface area contributed by atoms with Gasteiger partial charge in [-0.3, -0.25) is 0 Å². The minimum absolute atomic E-state index is 0.0626. The van der Waals surface area contributed by atoms with Crippen LogP contribution in [0.5, 0.6) is 0 Å². The molecule has 1 heterocycles. The average molecular weight is 330 g/mol. The molecule has 126 valence electrons. The molecule has 1 unspecified atom stereocenters. The van der Waals surface area contributed by atoms with E-state index in [1.165, 1.54) is 0 Å². The van der Waals surface area contributed by atoms with Gasteiger partial charge in [0.2, 0.25) is 5.76 Å². The van der Waals surface area contributed by atoms with Crippen molar-refractivity contribution in [3.63, 3.8) is 0 Å². The minimum atomic E-state index is -1.17. The first-order valence-corrected chi connectivity index (χ1v) is 7.33. The van der Waals surface area contributed by atoms with Crippen molar-refractivity contribution in [2.75, 3.05) is 0 Å². The quantitative estimate of drug-likeness (QED) is 0.891. The van der Waals surface area contributed by atoms with E-state index in [0.29, 0.717) is 11.1 Å². The lowest BCUT2D eigenvalue weighted by Crippen LogP contribution is -2.44. The second-order valence-electron chi connectivity index (χ2n) is 6.34. The molecule has 0 saturated heterocycles. The van der Waals surface area contributed by atoms with Crippen LogP contribution >= 0.6 is 0 Å². The van der Waals surface area contributed by atoms with Gasteiger partial charge in [0.05, 0.1) is 0 Å². The number of nitrogens with zero attached hydrogens (tertiary/aromatic N) is 1. The summed E-state index contributed by atoms with van der Waals surface area (Å²) in [4.78, 5) is 23.1. The van der Waals surface area contributed by atoms with E-state index < -0.39 is 23.7 Å². The molecule has 0 aliphatic heterocycles. The number of hydrogen-bond acceptors (Lipinski definition) is 5. The number of carboxylic acid groups (broad SMARTS) is 1. The predicted octanol–water partition coefficient (Wildman–Crippen LogP) is 2.82. The number of carbonyl (C=O) groups excluding carboxylic acids is 1. The molecular weight excluding hydrogens is 312 g/mol. The number of carbonyl (C=O) groups is 2. The number of fused-ring (bicyclic) bond motifs is 1. The van der Waals surface area contributed by atoms with Crippen molar-refractivity contribution in [1.29, 1.82) is 5.26 Å². The second-order valence-corrected chi connectivity index (χ2v) is 6.34. The zero-order valence-electron chi connectivity index (χ0n) is 13.6. The monoisotopic (exact) mass is 330 g/mol. The molecule has 0 bridgehead atoms. The predicted molar refractivity (Wildman–Crippen MR) is 85.4 cm³/mol. The van der Waals surface area contributed by atoms with E-state index in [0.717, 1.165) is 5.39 Å². The summed E-state index contributed by atoms with van der Waals surface area (Å²) in [5.74, 6) is -0.984. The topological polar surface area (TPSA) is 113 Å². The Hall–Kier alpha value is -3.01. The van der Waals surface area contributed by atoms with Gasteiger partial charge in [-0.15, -0.1) is 0 Å². The molecule has 0 aliphatic rings. The molecule has 1 amide bonds. The fourth-order valence-corrected chi connectivity index (χ4v) is 2.14. The molecular formula is C17H18N2O5. The number of nitrogens with one attached hydrogen (secondary N) is 1. The Morgan fingerprint density at radius 1 is 1.38 bits per heavy atom. The Labute approximate surface area is 138 Å². The highest BCUT2D eigenvalue weighted by atomic mass is 16.6. The maximum Gasteiger partial charge on any atom is 0.408 e. The average Bonchev–Trinajstić information content (AvgIpc) is 2.86. The van der Waals surface area contributed by atoms with E-state index in [1.54, 1.807) is 45.0 Å².